The lowest BCUT2D eigenvalue weighted by molar-refractivity contribution is -0.141. The second kappa shape index (κ2) is 5.73. The summed E-state index contributed by atoms with van der Waals surface area (Å²) in [7, 11) is 0. The molecular weight excluding hydrogens is 371 g/mol. The van der Waals surface area contributed by atoms with Gasteiger partial charge in [0, 0.05) is 9.50 Å². The summed E-state index contributed by atoms with van der Waals surface area (Å²) in [6.07, 6.45) is -3.57. The van der Waals surface area contributed by atoms with Crippen LogP contribution in [0.1, 0.15) is 11.3 Å². The van der Waals surface area contributed by atoms with Gasteiger partial charge in [0.1, 0.15) is 5.69 Å². The molecular formula is C13H10BrClF3N3. The van der Waals surface area contributed by atoms with Gasteiger partial charge < -0.3 is 11.1 Å². The normalized spacial score (nSPS) is 11.5. The lowest BCUT2D eigenvalue weighted by Crippen LogP contribution is -2.09. The van der Waals surface area contributed by atoms with Crippen LogP contribution >= 0.6 is 27.5 Å². The molecule has 0 amide bonds. The van der Waals surface area contributed by atoms with Crippen LogP contribution in [-0.2, 0) is 6.18 Å². The van der Waals surface area contributed by atoms with Crippen LogP contribution in [-0.4, -0.2) is 4.98 Å². The zero-order valence-corrected chi connectivity index (χ0v) is 13.1. The number of nitrogens with two attached hydrogens (primary N) is 1. The summed E-state index contributed by atoms with van der Waals surface area (Å²) in [5.74, 6) is 0. The Morgan fingerprint density at radius 3 is 2.52 bits per heavy atom. The van der Waals surface area contributed by atoms with E-state index in [9.17, 15) is 13.2 Å². The number of nitrogens with zero attached hydrogens (tertiary/aromatic N) is 1. The predicted molar refractivity (Wildman–Crippen MR) is 80.8 cm³/mol. The zero-order chi connectivity index (χ0) is 15.8. The van der Waals surface area contributed by atoms with Crippen LogP contribution in [0.2, 0.25) is 5.02 Å². The first-order valence-corrected chi connectivity index (χ1v) is 6.91. The van der Waals surface area contributed by atoms with Crippen LogP contribution in [0.4, 0.5) is 30.2 Å². The molecule has 1 aromatic carbocycles. The summed E-state index contributed by atoms with van der Waals surface area (Å²) in [5.41, 5.74) is 6.20. The molecule has 0 radical (unpaired) electrons. The van der Waals surface area contributed by atoms with Crippen LogP contribution in [0.25, 0.3) is 0 Å². The third-order valence-electron chi connectivity index (χ3n) is 2.74. The van der Waals surface area contributed by atoms with Crippen molar-refractivity contribution in [3.63, 3.8) is 0 Å². The Morgan fingerprint density at radius 2 is 1.90 bits per heavy atom. The molecule has 0 fully saturated rings. The maximum Gasteiger partial charge on any atom is 0.433 e. The van der Waals surface area contributed by atoms with E-state index in [0.717, 1.165) is 17.8 Å². The van der Waals surface area contributed by atoms with Crippen molar-refractivity contribution in [3.05, 3.63) is 45.1 Å². The smallest absolute Gasteiger partial charge is 0.396 e. The van der Waals surface area contributed by atoms with Gasteiger partial charge in [-0.15, -0.1) is 0 Å². The molecule has 0 saturated carbocycles. The van der Waals surface area contributed by atoms with E-state index < -0.39 is 11.9 Å². The molecule has 3 N–H and O–H groups in total. The maximum absolute atomic E-state index is 12.7. The van der Waals surface area contributed by atoms with Crippen LogP contribution in [0, 0.1) is 6.92 Å². The summed E-state index contributed by atoms with van der Waals surface area (Å²) in [6.45, 7) is 1.82. The van der Waals surface area contributed by atoms with Gasteiger partial charge in [0.2, 0.25) is 0 Å². The highest BCUT2D eigenvalue weighted by atomic mass is 79.9. The van der Waals surface area contributed by atoms with Crippen molar-refractivity contribution in [2.45, 2.75) is 13.1 Å². The van der Waals surface area contributed by atoms with Crippen molar-refractivity contribution in [2.24, 2.45) is 0 Å². The molecule has 0 unspecified atom stereocenters. The van der Waals surface area contributed by atoms with Gasteiger partial charge in [-0.2, -0.15) is 13.2 Å². The van der Waals surface area contributed by atoms with E-state index in [1.807, 2.05) is 6.92 Å². The number of benzene rings is 1. The standard InChI is InChI=1S/C13H10BrClF3N3/c1-6-2-7(14)10(3-8(6)15)21-11-4-12(13(16,17)18)20-5-9(11)19/h2-5H,19H2,1H3,(H,20,21). The number of hydrogen-bond acceptors (Lipinski definition) is 3. The number of rotatable bonds is 2. The fourth-order valence-electron chi connectivity index (χ4n) is 1.62. The summed E-state index contributed by atoms with van der Waals surface area (Å²) in [4.78, 5) is 3.28. The molecule has 1 heterocycles. The number of aryl methyl sites for hydroxylation is 1. The minimum Gasteiger partial charge on any atom is -0.396 e. The summed E-state index contributed by atoms with van der Waals surface area (Å²) < 4.78 is 38.7. The number of pyridine rings is 1. The van der Waals surface area contributed by atoms with Crippen LogP contribution < -0.4 is 11.1 Å². The van der Waals surface area contributed by atoms with Crippen molar-refractivity contribution in [2.75, 3.05) is 11.1 Å². The van der Waals surface area contributed by atoms with Crippen molar-refractivity contribution in [1.82, 2.24) is 4.98 Å². The Kier molecular flexibility index (Phi) is 4.34. The zero-order valence-electron chi connectivity index (χ0n) is 10.7. The first-order valence-electron chi connectivity index (χ1n) is 5.74. The first-order chi connectivity index (χ1) is 9.68. The number of hydrogen-bond donors (Lipinski definition) is 2. The van der Waals surface area contributed by atoms with Gasteiger partial charge in [-0.05, 0) is 46.6 Å². The Morgan fingerprint density at radius 1 is 1.24 bits per heavy atom. The second-order valence-electron chi connectivity index (χ2n) is 4.36. The summed E-state index contributed by atoms with van der Waals surface area (Å²) in [6, 6.07) is 4.22. The average Bonchev–Trinajstić information content (AvgIpc) is 2.37. The Labute approximate surface area is 132 Å². The largest absolute Gasteiger partial charge is 0.433 e. The number of halogens is 5. The minimum atomic E-state index is -4.54. The van der Waals surface area contributed by atoms with Gasteiger partial charge in [0.25, 0.3) is 0 Å². The Bertz CT molecular complexity index is 689. The second-order valence-corrected chi connectivity index (χ2v) is 5.62. The molecule has 112 valence electrons. The third-order valence-corrected chi connectivity index (χ3v) is 3.81. The molecule has 1 aromatic heterocycles. The number of nitrogens with one attached hydrogen (secondary N) is 1. The monoisotopic (exact) mass is 379 g/mol. The summed E-state index contributed by atoms with van der Waals surface area (Å²) >= 11 is 9.33. The molecule has 8 heteroatoms. The first kappa shape index (κ1) is 15.9. The highest BCUT2D eigenvalue weighted by molar-refractivity contribution is 9.10. The molecule has 0 bridgehead atoms. The molecule has 3 nitrogen and oxygen atoms in total. The number of alkyl halides is 3. The van der Waals surface area contributed by atoms with Gasteiger partial charge >= 0.3 is 6.18 Å². The topological polar surface area (TPSA) is 50.9 Å². The number of nitrogen functional groups attached to an aromatic ring is 1. The van der Waals surface area contributed by atoms with E-state index in [4.69, 9.17) is 17.3 Å². The Hall–Kier alpha value is -1.47. The van der Waals surface area contributed by atoms with E-state index >= 15 is 0 Å². The van der Waals surface area contributed by atoms with Crippen LogP contribution in [0.3, 0.4) is 0 Å². The quantitative estimate of drug-likeness (QED) is 0.757. The maximum atomic E-state index is 12.7. The van der Waals surface area contributed by atoms with E-state index in [0.29, 0.717) is 15.2 Å². The van der Waals surface area contributed by atoms with Crippen LogP contribution in [0.5, 0.6) is 0 Å². The molecule has 0 atom stereocenters. The SMILES string of the molecule is Cc1cc(Br)c(Nc2cc(C(F)(F)F)ncc2N)cc1Cl. The van der Waals surface area contributed by atoms with Gasteiger partial charge in [-0.25, -0.2) is 4.98 Å². The van der Waals surface area contributed by atoms with Gasteiger partial charge in [-0.3, -0.25) is 0 Å². The van der Waals surface area contributed by atoms with Gasteiger partial charge in [-0.1, -0.05) is 11.6 Å². The van der Waals surface area contributed by atoms with E-state index in [-0.39, 0.29) is 11.4 Å². The molecule has 0 saturated heterocycles. The molecule has 0 aliphatic carbocycles. The van der Waals surface area contributed by atoms with E-state index in [1.165, 1.54) is 0 Å². The van der Waals surface area contributed by atoms with Gasteiger partial charge in [0.15, 0.2) is 0 Å². The van der Waals surface area contributed by atoms with Gasteiger partial charge in [0.05, 0.1) is 23.3 Å². The fraction of sp³-hybridized carbons (Fsp3) is 0.154. The highest BCUT2D eigenvalue weighted by Crippen LogP contribution is 2.35. The van der Waals surface area contributed by atoms with Crippen molar-refractivity contribution < 1.29 is 13.2 Å². The van der Waals surface area contributed by atoms with Crippen molar-refractivity contribution in [3.8, 4) is 0 Å². The minimum absolute atomic E-state index is 0.103. The van der Waals surface area contributed by atoms with Crippen LogP contribution in [0.15, 0.2) is 28.9 Å². The third kappa shape index (κ3) is 3.59. The van der Waals surface area contributed by atoms with Crippen molar-refractivity contribution in [1.29, 1.82) is 0 Å². The van der Waals surface area contributed by atoms with E-state index in [2.05, 4.69) is 26.2 Å². The summed E-state index contributed by atoms with van der Waals surface area (Å²) in [5, 5.41) is 3.31. The molecule has 0 aliphatic rings. The van der Waals surface area contributed by atoms with E-state index in [1.54, 1.807) is 12.1 Å². The fourth-order valence-corrected chi connectivity index (χ4v) is 2.34. The molecule has 2 aromatic rings. The number of aromatic nitrogens is 1. The lowest BCUT2D eigenvalue weighted by Gasteiger charge is -2.14. The number of anilines is 3. The predicted octanol–water partition coefficient (Wildman–Crippen LogP) is 5.15. The molecule has 2 rings (SSSR count). The highest BCUT2D eigenvalue weighted by Gasteiger charge is 2.33. The molecule has 0 spiro atoms. The Balaban J connectivity index is 2.42. The lowest BCUT2D eigenvalue weighted by atomic mass is 10.2. The van der Waals surface area contributed by atoms with Crippen molar-refractivity contribution >= 4 is 44.6 Å². The molecule has 21 heavy (non-hydrogen) atoms. The average molecular weight is 381 g/mol. The molecule has 0 aliphatic heterocycles.